The van der Waals surface area contributed by atoms with E-state index in [9.17, 15) is 82.3 Å². The highest BCUT2D eigenvalue weighted by molar-refractivity contribution is 7.81. The molecule has 98 heavy (non-hydrogen) atoms. The van der Waals surface area contributed by atoms with Crippen LogP contribution in [0.2, 0.25) is 0 Å². The Balaban J connectivity index is 0.842. The van der Waals surface area contributed by atoms with Gasteiger partial charge in [0.2, 0.25) is 52.4 Å². The van der Waals surface area contributed by atoms with Crippen LogP contribution in [0.4, 0.5) is 11.1 Å². The Bertz CT molecular complexity index is 3600. The number of aliphatic hydroxyl groups is 6. The van der Waals surface area contributed by atoms with Crippen LogP contribution in [-0.2, 0) is 55.1 Å². The number of β-amino-alcohol motifs (C(OH)–C–C–N with tert-alkyl or cyclic N) is 1. The monoisotopic (exact) mass is 1410 g/mol. The van der Waals surface area contributed by atoms with Crippen molar-refractivity contribution in [2.75, 3.05) is 62.2 Å². The molecule has 0 radical (unpaired) electrons. The molecule has 4 aromatic rings. The third-order valence-electron chi connectivity index (χ3n) is 18.9. The van der Waals surface area contributed by atoms with Gasteiger partial charge >= 0.3 is 10.4 Å². The SMILES string of the molecule is C[C@@H](O)[C@@H]1NC(=O)[C@@H](NCC2CCN(c3nnc(-c4ccc(-c5cnc(N6CCC(OC7CCCCC7)CC6)nc5)cc4)s3)C2)C[C@@H](O)CNC(=O)[C@@H]2[C@@H](O)[C@@H](C)CN2C(=O)[C@H]([C@H](O)CC(N)=O)NC(=O)[C@H]([C@H](O)Cc2ccc(O)c(OS(=O)(=O)O)c2)NC(=O)[C@@H]2C[C@@H](O)CN2C1=O. The fourth-order valence-corrected chi connectivity index (χ4v) is 14.8. The molecule has 5 saturated heterocycles. The molecule has 33 nitrogen and oxygen atoms in total. The number of fused-ring (bicyclic) bond motifs is 2. The number of rotatable bonds is 18. The molecule has 1 unspecified atom stereocenters. The van der Waals surface area contributed by atoms with E-state index in [2.05, 4.69) is 45.9 Å². The van der Waals surface area contributed by atoms with Gasteiger partial charge in [-0.05, 0) is 74.6 Å². The van der Waals surface area contributed by atoms with E-state index < -0.39 is 187 Å². The molecule has 534 valence electrons. The van der Waals surface area contributed by atoms with Gasteiger partial charge in [0.05, 0.1) is 61.3 Å². The van der Waals surface area contributed by atoms with Gasteiger partial charge in [0.25, 0.3) is 0 Å². The summed E-state index contributed by atoms with van der Waals surface area (Å²) in [7, 11) is -5.23. The van der Waals surface area contributed by atoms with E-state index in [1.54, 1.807) is 0 Å². The highest BCUT2D eigenvalue weighted by Crippen LogP contribution is 2.35. The Hall–Kier alpha value is -7.84. The van der Waals surface area contributed by atoms with Gasteiger partial charge in [-0.15, -0.1) is 10.2 Å². The molecule has 2 aromatic heterocycles. The molecule has 0 spiro atoms. The fourth-order valence-electron chi connectivity index (χ4n) is 13.6. The third-order valence-corrected chi connectivity index (χ3v) is 20.3. The van der Waals surface area contributed by atoms with Gasteiger partial charge in [0, 0.05) is 94.6 Å². The van der Waals surface area contributed by atoms with Crippen LogP contribution in [0.15, 0.2) is 54.9 Å². The maximum absolute atomic E-state index is 14.7. The lowest BCUT2D eigenvalue weighted by atomic mass is 9.97. The summed E-state index contributed by atoms with van der Waals surface area (Å²) in [4.78, 5) is 115. The number of carbonyl (C=O) groups is 7. The quantitative estimate of drug-likeness (QED) is 0.0454. The Labute approximate surface area is 568 Å². The number of anilines is 2. The number of aliphatic hydroxyl groups excluding tert-OH is 6. The molecule has 1 aliphatic carbocycles. The first kappa shape index (κ1) is 72.9. The molecule has 35 heteroatoms. The van der Waals surface area contributed by atoms with Crippen LogP contribution in [-0.4, -0.2) is 257 Å². The second-order valence-corrected chi connectivity index (χ2v) is 28.3. The van der Waals surface area contributed by atoms with Crippen molar-refractivity contribution < 1.29 is 91.2 Å². The molecule has 6 fully saturated rings. The predicted molar refractivity (Wildman–Crippen MR) is 349 cm³/mol. The minimum atomic E-state index is -5.23. The molecule has 2 aromatic carbocycles. The fraction of sp³-hybridized carbons (Fsp3) is 0.603. The van der Waals surface area contributed by atoms with Crippen molar-refractivity contribution in [3.8, 4) is 33.2 Å². The lowest BCUT2D eigenvalue weighted by Crippen LogP contribution is -2.64. The van der Waals surface area contributed by atoms with Crippen molar-refractivity contribution >= 4 is 74.2 Å². The minimum absolute atomic E-state index is 0.114. The number of aromatic hydroxyl groups is 1. The molecule has 14 atom stereocenters. The van der Waals surface area contributed by atoms with E-state index >= 15 is 0 Å². The number of phenolic OH excluding ortho intramolecular Hbond substituents is 1. The first-order chi connectivity index (χ1) is 46.7. The number of benzene rings is 2. The lowest BCUT2D eigenvalue weighted by Gasteiger charge is -2.34. The van der Waals surface area contributed by atoms with E-state index in [0.717, 1.165) is 83.5 Å². The van der Waals surface area contributed by atoms with Gasteiger partial charge in [-0.3, -0.25) is 38.1 Å². The summed E-state index contributed by atoms with van der Waals surface area (Å²) in [6.45, 7) is 3.91. The first-order valence-corrected chi connectivity index (χ1v) is 35.1. The van der Waals surface area contributed by atoms with Crippen LogP contribution in [0.5, 0.6) is 11.5 Å². The van der Waals surface area contributed by atoms with Crippen LogP contribution in [0.1, 0.15) is 90.0 Å². The number of nitrogens with two attached hydrogens (primary N) is 1. The van der Waals surface area contributed by atoms with Gasteiger partial charge < -0.3 is 96.6 Å². The van der Waals surface area contributed by atoms with Crippen molar-refractivity contribution in [1.82, 2.24) is 56.5 Å². The number of carbonyl (C=O) groups excluding carboxylic acids is 7. The van der Waals surface area contributed by atoms with Crippen LogP contribution in [0, 0.1) is 11.8 Å². The summed E-state index contributed by atoms with van der Waals surface area (Å²) in [5, 5.41) is 102. The van der Waals surface area contributed by atoms with Crippen molar-refractivity contribution in [2.45, 2.75) is 176 Å². The Morgan fingerprint density at radius 1 is 0.735 bits per heavy atom. The topological polar surface area (TPSA) is 485 Å². The zero-order chi connectivity index (χ0) is 70.3. The number of nitrogens with one attached hydrogen (secondary N) is 5. The highest BCUT2D eigenvalue weighted by Gasteiger charge is 2.50. The summed E-state index contributed by atoms with van der Waals surface area (Å²) in [5.41, 5.74) is 7.93. The van der Waals surface area contributed by atoms with E-state index in [1.165, 1.54) is 44.4 Å². The van der Waals surface area contributed by atoms with Crippen LogP contribution in [0.3, 0.4) is 0 Å². The van der Waals surface area contributed by atoms with Gasteiger partial charge in [0.15, 0.2) is 11.5 Å². The number of aromatic nitrogens is 4. The lowest BCUT2D eigenvalue weighted by molar-refractivity contribution is -0.147. The summed E-state index contributed by atoms with van der Waals surface area (Å²) in [5.74, 6) is -10.2. The highest BCUT2D eigenvalue weighted by atomic mass is 32.3. The van der Waals surface area contributed by atoms with Gasteiger partial charge in [-0.2, -0.15) is 8.42 Å². The largest absolute Gasteiger partial charge is 0.504 e. The molecule has 5 aliphatic heterocycles. The molecular weight excluding hydrogens is 1320 g/mol. The van der Waals surface area contributed by atoms with Crippen LogP contribution >= 0.6 is 11.3 Å². The van der Waals surface area contributed by atoms with Crippen molar-refractivity contribution in [3.63, 3.8) is 0 Å². The molecule has 15 N–H and O–H groups in total. The molecule has 6 aliphatic rings. The minimum Gasteiger partial charge on any atom is -0.504 e. The van der Waals surface area contributed by atoms with E-state index in [0.29, 0.717) is 41.7 Å². The Kier molecular flexibility index (Phi) is 23.8. The zero-order valence-electron chi connectivity index (χ0n) is 54.1. The molecule has 10 rings (SSSR count). The van der Waals surface area contributed by atoms with E-state index in [1.807, 2.05) is 41.6 Å². The number of ether oxygens (including phenoxy) is 1. The number of hydrogen-bond donors (Lipinski definition) is 14. The third kappa shape index (κ3) is 18.1. The number of nitrogens with zero attached hydrogens (tertiary/aromatic N) is 8. The Morgan fingerprint density at radius 3 is 2.07 bits per heavy atom. The average Bonchev–Trinajstić information content (AvgIpc) is 1.57. The average molecular weight is 1410 g/mol. The number of phenols is 1. The van der Waals surface area contributed by atoms with Gasteiger partial charge in [-0.1, -0.05) is 67.9 Å². The predicted octanol–water partition coefficient (Wildman–Crippen LogP) is -2.62. The second-order valence-electron chi connectivity index (χ2n) is 26.3. The molecule has 1 saturated carbocycles. The smallest absolute Gasteiger partial charge is 0.446 e. The summed E-state index contributed by atoms with van der Waals surface area (Å²) >= 11 is 1.39. The molecule has 7 heterocycles. The number of piperidine rings is 1. The number of primary amides is 1. The van der Waals surface area contributed by atoms with Crippen LogP contribution in [0.25, 0.3) is 21.7 Å². The number of amides is 7. The van der Waals surface area contributed by atoms with Crippen molar-refractivity contribution in [3.05, 3.63) is 60.4 Å². The number of hydrogen-bond acceptors (Lipinski definition) is 26. The van der Waals surface area contributed by atoms with Crippen LogP contribution < -0.4 is 46.3 Å². The first-order valence-electron chi connectivity index (χ1n) is 33.0. The van der Waals surface area contributed by atoms with Crippen molar-refractivity contribution in [1.29, 1.82) is 0 Å². The summed E-state index contributed by atoms with van der Waals surface area (Å²) < 4.78 is 43.3. The molecule has 0 bridgehead atoms. The Morgan fingerprint density at radius 2 is 1.39 bits per heavy atom. The molecular formula is C63H86N14O19S2. The summed E-state index contributed by atoms with van der Waals surface area (Å²) in [6.07, 6.45) is -0.457. The van der Waals surface area contributed by atoms with E-state index in [4.69, 9.17) is 20.4 Å². The maximum atomic E-state index is 14.7. The maximum Gasteiger partial charge on any atom is 0.446 e. The normalized spacial score (nSPS) is 28.0. The second kappa shape index (κ2) is 32.0. The summed E-state index contributed by atoms with van der Waals surface area (Å²) in [6, 6.07) is -0.470. The van der Waals surface area contributed by atoms with Crippen molar-refractivity contribution in [2.24, 2.45) is 17.6 Å². The van der Waals surface area contributed by atoms with Gasteiger partial charge in [0.1, 0.15) is 35.2 Å². The zero-order valence-corrected chi connectivity index (χ0v) is 55.7. The standard InChI is InChI=1S/C63H86N14O19S2/c1-32-29-77-53(54(32)85)58(89)66-28-39(79)22-43(65-25-35-14-17-75(30-35)63-73-72-59(97-63)37-11-9-36(10-12-37)38-26-67-62(68-27-38)74-18-15-42(16-19-74)95-41-6-4-3-5-7-41)55(86)69-50(33(2)78)60(90)76-31-40(80)23-44(76)56(87)70-51(57(88)71-52(61(77)91)47(83)24-49(64)84)46(82)20-34-8-13-45(81)48(21-34)96-98(92,93)94/h8-13,21,26-27,32-33,35,39-44,46-47,50-54,65,78-83,85H,3-7,14-20,22-25,28-31H2,1-2H3,(H2,64,84)(H,66,89)(H,69,86)(H,70,87)(H,71,88)(H,92,93,94)/t32-,33+,35?,39+,40+,43-,44-,46+,47+,50-,51-,52-,53-,54-/m0/s1. The van der Waals surface area contributed by atoms with Gasteiger partial charge in [-0.25, -0.2) is 9.97 Å². The molecule has 7 amide bonds. The van der Waals surface area contributed by atoms with E-state index in [-0.39, 0.29) is 24.1 Å².